The predicted octanol–water partition coefficient (Wildman–Crippen LogP) is 3.79. The number of nitro benzene ring substituents is 1. The van der Waals surface area contributed by atoms with Crippen molar-refractivity contribution < 1.29 is 19.3 Å². The lowest BCUT2D eigenvalue weighted by Gasteiger charge is -2.51. The first-order chi connectivity index (χ1) is 16.2. The van der Waals surface area contributed by atoms with Crippen LogP contribution in [0.1, 0.15) is 42.4 Å². The van der Waals surface area contributed by atoms with Crippen molar-refractivity contribution in [2.45, 2.75) is 52.0 Å². The highest BCUT2D eigenvalue weighted by molar-refractivity contribution is 6.31. The smallest absolute Gasteiger partial charge is 0.335 e. The first-order valence-electron chi connectivity index (χ1n) is 11.6. The number of barbiturate groups is 1. The van der Waals surface area contributed by atoms with Gasteiger partial charge in [0.1, 0.15) is 0 Å². The molecule has 0 radical (unpaired) electrons. The van der Waals surface area contributed by atoms with Crippen LogP contribution >= 0.6 is 0 Å². The third-order valence-electron chi connectivity index (χ3n) is 7.38. The molecule has 34 heavy (non-hydrogen) atoms. The fourth-order valence-electron chi connectivity index (χ4n) is 5.81. The van der Waals surface area contributed by atoms with Gasteiger partial charge in [0.05, 0.1) is 16.7 Å². The van der Waals surface area contributed by atoms with E-state index in [2.05, 4.69) is 10.2 Å². The number of urea groups is 1. The number of hydrogen-bond donors (Lipinski definition) is 1. The van der Waals surface area contributed by atoms with Gasteiger partial charge in [-0.05, 0) is 49.9 Å². The van der Waals surface area contributed by atoms with Gasteiger partial charge in [-0.1, -0.05) is 30.5 Å². The highest BCUT2D eigenvalue weighted by atomic mass is 16.6. The number of fused-ring (bicyclic) bond motifs is 4. The molecular formula is C25H26N4O5. The highest BCUT2D eigenvalue weighted by Crippen LogP contribution is 2.48. The van der Waals surface area contributed by atoms with Gasteiger partial charge in [0.15, 0.2) is 5.41 Å². The third kappa shape index (κ3) is 3.18. The standard InChI is InChI=1S/C25H26N4O5/c1-15-7-9-19(16(2)12-15)28-23(31)25(22(30)26-24(28)32)14-17-13-18(29(33)34)8-10-20(17)27-11-5-3-4-6-21(25)27/h7-10,12-13,21H,3-6,11,14H2,1-2H3,(H,26,30,32)/t21-,25+/m0/s1. The Bertz CT molecular complexity index is 1240. The minimum atomic E-state index is -1.56. The lowest BCUT2D eigenvalue weighted by molar-refractivity contribution is -0.384. The summed E-state index contributed by atoms with van der Waals surface area (Å²) in [6.07, 6.45) is 3.32. The lowest BCUT2D eigenvalue weighted by Crippen LogP contribution is -2.72. The van der Waals surface area contributed by atoms with Gasteiger partial charge in [-0.15, -0.1) is 0 Å². The molecule has 0 saturated carbocycles. The Labute approximate surface area is 196 Å². The second-order valence-corrected chi connectivity index (χ2v) is 9.47. The van der Waals surface area contributed by atoms with E-state index in [0.717, 1.165) is 41.0 Å². The Morgan fingerprint density at radius 2 is 1.79 bits per heavy atom. The predicted molar refractivity (Wildman–Crippen MR) is 126 cm³/mol. The van der Waals surface area contributed by atoms with E-state index in [9.17, 15) is 24.5 Å². The summed E-state index contributed by atoms with van der Waals surface area (Å²) in [5.41, 5.74) is 1.92. The minimum Gasteiger partial charge on any atom is -0.367 e. The number of nitro groups is 1. The van der Waals surface area contributed by atoms with Crippen LogP contribution < -0.4 is 15.1 Å². The Kier molecular flexibility index (Phi) is 5.15. The Morgan fingerprint density at radius 1 is 1.03 bits per heavy atom. The molecule has 5 rings (SSSR count). The molecule has 9 heteroatoms. The summed E-state index contributed by atoms with van der Waals surface area (Å²) in [5.74, 6) is -1.19. The number of non-ortho nitro benzene ring substituents is 1. The molecular weight excluding hydrogens is 436 g/mol. The molecule has 176 valence electrons. The topological polar surface area (TPSA) is 113 Å². The van der Waals surface area contributed by atoms with E-state index >= 15 is 0 Å². The molecule has 4 amide bonds. The number of rotatable bonds is 2. The largest absolute Gasteiger partial charge is 0.367 e. The van der Waals surface area contributed by atoms with Crippen molar-refractivity contribution in [2.75, 3.05) is 16.3 Å². The SMILES string of the molecule is Cc1ccc(N2C(=O)NC(=O)[C@]3(Cc4cc([N+](=O)[O-])ccc4N4CCCCC[C@H]43)C2=O)c(C)c1. The van der Waals surface area contributed by atoms with E-state index < -0.39 is 34.2 Å². The Hall–Kier alpha value is -3.75. The molecule has 9 nitrogen and oxygen atoms in total. The monoisotopic (exact) mass is 462 g/mol. The molecule has 0 bridgehead atoms. The maximum Gasteiger partial charge on any atom is 0.335 e. The minimum absolute atomic E-state index is 0.00450. The van der Waals surface area contributed by atoms with Crippen LogP contribution in [-0.2, 0) is 16.0 Å². The summed E-state index contributed by atoms with van der Waals surface area (Å²) in [6, 6.07) is 8.86. The molecule has 2 aromatic rings. The lowest BCUT2D eigenvalue weighted by atomic mass is 9.67. The zero-order valence-corrected chi connectivity index (χ0v) is 19.2. The van der Waals surface area contributed by atoms with Gasteiger partial charge in [0.25, 0.3) is 11.6 Å². The molecule has 2 atom stereocenters. The maximum absolute atomic E-state index is 14.2. The van der Waals surface area contributed by atoms with Crippen LogP contribution in [0.4, 0.5) is 21.9 Å². The summed E-state index contributed by atoms with van der Waals surface area (Å²) >= 11 is 0. The molecule has 0 aliphatic carbocycles. The van der Waals surface area contributed by atoms with Crippen LogP contribution in [0.3, 0.4) is 0 Å². The molecule has 3 aliphatic rings. The van der Waals surface area contributed by atoms with Crippen LogP contribution in [0.2, 0.25) is 0 Å². The number of benzene rings is 2. The maximum atomic E-state index is 14.2. The first kappa shape index (κ1) is 22.1. The molecule has 3 heterocycles. The Morgan fingerprint density at radius 3 is 2.53 bits per heavy atom. The molecule has 0 unspecified atom stereocenters. The summed E-state index contributed by atoms with van der Waals surface area (Å²) in [5, 5.41) is 13.9. The van der Waals surface area contributed by atoms with Crippen LogP contribution in [-0.4, -0.2) is 35.4 Å². The molecule has 1 spiro atoms. The van der Waals surface area contributed by atoms with Crippen molar-refractivity contribution in [1.82, 2.24) is 5.32 Å². The van der Waals surface area contributed by atoms with Crippen molar-refractivity contribution in [3.8, 4) is 0 Å². The summed E-state index contributed by atoms with van der Waals surface area (Å²) in [7, 11) is 0. The second kappa shape index (κ2) is 7.93. The number of imide groups is 2. The number of amides is 4. The van der Waals surface area contributed by atoms with Crippen LogP contribution in [0.15, 0.2) is 36.4 Å². The van der Waals surface area contributed by atoms with Crippen molar-refractivity contribution in [2.24, 2.45) is 5.41 Å². The number of carbonyl (C=O) groups is 3. The van der Waals surface area contributed by atoms with E-state index in [-0.39, 0.29) is 12.1 Å². The first-order valence-corrected chi connectivity index (χ1v) is 11.6. The summed E-state index contributed by atoms with van der Waals surface area (Å²) in [6.45, 7) is 4.38. The van der Waals surface area contributed by atoms with E-state index in [1.54, 1.807) is 12.1 Å². The van der Waals surface area contributed by atoms with Gasteiger partial charge >= 0.3 is 6.03 Å². The molecule has 3 aliphatic heterocycles. The Balaban J connectivity index is 1.69. The van der Waals surface area contributed by atoms with E-state index in [4.69, 9.17) is 0 Å². The van der Waals surface area contributed by atoms with Crippen LogP contribution in [0.25, 0.3) is 0 Å². The van der Waals surface area contributed by atoms with Crippen molar-refractivity contribution >= 4 is 34.9 Å². The van der Waals surface area contributed by atoms with Crippen molar-refractivity contribution in [1.29, 1.82) is 0 Å². The molecule has 1 N–H and O–H groups in total. The van der Waals surface area contributed by atoms with Crippen LogP contribution in [0.5, 0.6) is 0 Å². The number of aryl methyl sites for hydroxylation is 2. The molecule has 2 saturated heterocycles. The highest BCUT2D eigenvalue weighted by Gasteiger charge is 2.62. The van der Waals surface area contributed by atoms with E-state index in [1.807, 2.05) is 26.0 Å². The van der Waals surface area contributed by atoms with Gasteiger partial charge in [-0.2, -0.15) is 0 Å². The summed E-state index contributed by atoms with van der Waals surface area (Å²) < 4.78 is 0. The van der Waals surface area contributed by atoms with Gasteiger partial charge in [-0.3, -0.25) is 25.0 Å². The van der Waals surface area contributed by atoms with Gasteiger partial charge in [0.2, 0.25) is 5.91 Å². The molecule has 2 aromatic carbocycles. The number of anilines is 2. The number of nitrogens with one attached hydrogen (secondary N) is 1. The average molecular weight is 463 g/mol. The number of carbonyl (C=O) groups excluding carboxylic acids is 3. The quantitative estimate of drug-likeness (QED) is 0.413. The zero-order valence-electron chi connectivity index (χ0n) is 19.2. The van der Waals surface area contributed by atoms with E-state index in [0.29, 0.717) is 24.2 Å². The second-order valence-electron chi connectivity index (χ2n) is 9.47. The third-order valence-corrected chi connectivity index (χ3v) is 7.38. The fourth-order valence-corrected chi connectivity index (χ4v) is 5.81. The van der Waals surface area contributed by atoms with Gasteiger partial charge in [0, 0.05) is 30.8 Å². The number of nitrogens with zero attached hydrogens (tertiary/aromatic N) is 3. The zero-order chi connectivity index (χ0) is 24.2. The normalized spacial score (nSPS) is 24.4. The van der Waals surface area contributed by atoms with Gasteiger partial charge in [-0.25, -0.2) is 9.69 Å². The summed E-state index contributed by atoms with van der Waals surface area (Å²) in [4.78, 5) is 54.9. The fraction of sp³-hybridized carbons (Fsp3) is 0.400. The van der Waals surface area contributed by atoms with E-state index in [1.165, 1.54) is 12.1 Å². The van der Waals surface area contributed by atoms with Crippen molar-refractivity contribution in [3.05, 3.63) is 63.2 Å². The number of hydrogen-bond acceptors (Lipinski definition) is 6. The molecule has 2 fully saturated rings. The van der Waals surface area contributed by atoms with Gasteiger partial charge < -0.3 is 4.90 Å². The van der Waals surface area contributed by atoms with Crippen molar-refractivity contribution in [3.63, 3.8) is 0 Å². The molecule has 0 aromatic heterocycles. The van der Waals surface area contributed by atoms with Crippen LogP contribution in [0, 0.1) is 29.4 Å². The average Bonchev–Trinajstić information content (AvgIpc) is 3.05.